The molecule has 442 valence electrons. The molecule has 1 heterocycles. The highest BCUT2D eigenvalue weighted by molar-refractivity contribution is 5.76. The Kier molecular flexibility index (Phi) is 53.4. The third kappa shape index (κ3) is 44.1. The Bertz CT molecular complexity index is 1130. The van der Waals surface area contributed by atoms with Crippen molar-refractivity contribution in [2.75, 3.05) is 13.2 Å². The molecule has 9 nitrogen and oxygen atoms in total. The lowest BCUT2D eigenvalue weighted by atomic mass is 9.99. The van der Waals surface area contributed by atoms with Crippen molar-refractivity contribution in [2.45, 2.75) is 397 Å². The summed E-state index contributed by atoms with van der Waals surface area (Å²) in [7, 11) is 0. The molecule has 1 rings (SSSR count). The van der Waals surface area contributed by atoms with Gasteiger partial charge in [0.15, 0.2) is 6.29 Å². The predicted molar refractivity (Wildman–Crippen MR) is 314 cm³/mol. The van der Waals surface area contributed by atoms with E-state index in [0.29, 0.717) is 12.8 Å². The summed E-state index contributed by atoms with van der Waals surface area (Å²) < 4.78 is 11.3. The molecule has 1 aliphatic heterocycles. The number of hydrogen-bond acceptors (Lipinski definition) is 8. The SMILES string of the molecule is CCCCCCCCCCCCCCCCCCCCCCCCCCCCCCCCCCCCCCCCCCCC(=O)NC(COC1OC(CO)C(O)C(O)C1O)C(O)CCCCCCCCCCCC. The van der Waals surface area contributed by atoms with Crippen LogP contribution < -0.4 is 5.32 Å². The number of carbonyl (C=O) groups excluding carboxylic acids is 1. The highest BCUT2D eigenvalue weighted by Crippen LogP contribution is 2.24. The van der Waals surface area contributed by atoms with Gasteiger partial charge in [0.1, 0.15) is 24.4 Å². The van der Waals surface area contributed by atoms with Crippen molar-refractivity contribution in [3.8, 4) is 0 Å². The van der Waals surface area contributed by atoms with Gasteiger partial charge in [-0.15, -0.1) is 0 Å². The molecule has 1 saturated heterocycles. The number of nitrogens with one attached hydrogen (secondary N) is 1. The first-order chi connectivity index (χ1) is 36.3. The van der Waals surface area contributed by atoms with Gasteiger partial charge in [0.05, 0.1) is 25.4 Å². The number of carbonyl (C=O) groups is 1. The monoisotopic (exact) mass is 1050 g/mol. The standard InChI is InChI=1S/C65H129NO8/c1-3-5-7-9-11-13-15-16-17-18-19-20-21-22-23-24-25-26-27-28-29-30-31-32-33-34-35-36-37-38-39-40-41-42-43-44-45-47-49-51-53-55-61(69)66-58(57-73-65-64(72)63(71)62(70)60(56-67)74-65)59(68)54-52-50-48-46-14-12-10-8-6-4-2/h58-60,62-65,67-68,70-72H,3-57H2,1-2H3,(H,66,69). The Morgan fingerprint density at radius 2 is 0.676 bits per heavy atom. The smallest absolute Gasteiger partial charge is 0.220 e. The van der Waals surface area contributed by atoms with Crippen molar-refractivity contribution in [1.82, 2.24) is 5.32 Å². The summed E-state index contributed by atoms with van der Waals surface area (Å²) in [6.45, 7) is 3.86. The number of unbranched alkanes of at least 4 members (excludes halogenated alkanes) is 49. The van der Waals surface area contributed by atoms with Crippen LogP contribution >= 0.6 is 0 Å². The van der Waals surface area contributed by atoms with Crippen molar-refractivity contribution in [3.05, 3.63) is 0 Å². The molecule has 0 aliphatic carbocycles. The van der Waals surface area contributed by atoms with E-state index in [1.165, 1.54) is 289 Å². The third-order valence-corrected chi connectivity index (χ3v) is 16.5. The fourth-order valence-electron chi connectivity index (χ4n) is 11.2. The minimum Gasteiger partial charge on any atom is -0.394 e. The molecule has 74 heavy (non-hydrogen) atoms. The summed E-state index contributed by atoms with van der Waals surface area (Å²) in [5, 5.41) is 54.5. The first-order valence-corrected chi connectivity index (χ1v) is 33.2. The Morgan fingerprint density at radius 1 is 0.405 bits per heavy atom. The Hall–Kier alpha value is -0.810. The maximum absolute atomic E-state index is 13.0. The van der Waals surface area contributed by atoms with E-state index in [1.807, 2.05) is 0 Å². The van der Waals surface area contributed by atoms with Gasteiger partial charge in [-0.25, -0.2) is 0 Å². The van der Waals surface area contributed by atoms with Crippen molar-refractivity contribution < 1.29 is 39.8 Å². The van der Waals surface area contributed by atoms with Crippen LogP contribution in [0.3, 0.4) is 0 Å². The average molecular weight is 1050 g/mol. The average Bonchev–Trinajstić information content (AvgIpc) is 3.40. The summed E-state index contributed by atoms with van der Waals surface area (Å²) >= 11 is 0. The van der Waals surface area contributed by atoms with Crippen LogP contribution in [0, 0.1) is 0 Å². The fourth-order valence-corrected chi connectivity index (χ4v) is 11.2. The minimum atomic E-state index is -1.55. The molecule has 7 unspecified atom stereocenters. The Labute approximate surface area is 459 Å². The van der Waals surface area contributed by atoms with Crippen molar-refractivity contribution in [2.24, 2.45) is 0 Å². The van der Waals surface area contributed by atoms with Crippen LogP contribution in [0.4, 0.5) is 0 Å². The number of ether oxygens (including phenoxy) is 2. The highest BCUT2D eigenvalue weighted by Gasteiger charge is 2.44. The maximum atomic E-state index is 13.0. The summed E-state index contributed by atoms with van der Waals surface area (Å²) in [5.41, 5.74) is 0. The lowest BCUT2D eigenvalue weighted by molar-refractivity contribution is -0.302. The zero-order valence-corrected chi connectivity index (χ0v) is 49.4. The van der Waals surface area contributed by atoms with E-state index in [2.05, 4.69) is 19.2 Å². The van der Waals surface area contributed by atoms with E-state index in [1.54, 1.807) is 0 Å². The van der Waals surface area contributed by atoms with Crippen molar-refractivity contribution in [1.29, 1.82) is 0 Å². The number of aliphatic hydroxyl groups is 5. The molecule has 0 bridgehead atoms. The topological polar surface area (TPSA) is 149 Å². The second-order valence-electron chi connectivity index (χ2n) is 23.6. The quantitative estimate of drug-likeness (QED) is 0.0330. The molecule has 1 fully saturated rings. The molecule has 6 N–H and O–H groups in total. The molecule has 0 aromatic rings. The second kappa shape index (κ2) is 55.5. The fraction of sp³-hybridized carbons (Fsp3) is 0.985. The highest BCUT2D eigenvalue weighted by atomic mass is 16.7. The summed E-state index contributed by atoms with van der Waals surface area (Å²) in [4.78, 5) is 13.0. The molecule has 0 radical (unpaired) electrons. The second-order valence-corrected chi connectivity index (χ2v) is 23.6. The summed E-state index contributed by atoms with van der Waals surface area (Å²) in [6.07, 6.45) is 62.2. The van der Waals surface area contributed by atoms with Gasteiger partial charge in [-0.05, 0) is 12.8 Å². The molecular formula is C65H129NO8. The van der Waals surface area contributed by atoms with Gasteiger partial charge >= 0.3 is 0 Å². The molecule has 0 saturated carbocycles. The van der Waals surface area contributed by atoms with Crippen LogP contribution in [0.1, 0.15) is 354 Å². The Morgan fingerprint density at radius 3 is 0.959 bits per heavy atom. The third-order valence-electron chi connectivity index (χ3n) is 16.5. The molecule has 0 aromatic carbocycles. The van der Waals surface area contributed by atoms with Crippen LogP contribution in [0.5, 0.6) is 0 Å². The molecule has 7 atom stereocenters. The van der Waals surface area contributed by atoms with Crippen molar-refractivity contribution >= 4 is 5.91 Å². The number of amides is 1. The minimum absolute atomic E-state index is 0.132. The number of aliphatic hydroxyl groups excluding tert-OH is 5. The first-order valence-electron chi connectivity index (χ1n) is 33.2. The number of hydrogen-bond donors (Lipinski definition) is 6. The zero-order valence-electron chi connectivity index (χ0n) is 49.4. The van der Waals surface area contributed by atoms with Crippen LogP contribution in [0.2, 0.25) is 0 Å². The zero-order chi connectivity index (χ0) is 53.6. The molecule has 0 spiro atoms. The molecule has 9 heteroatoms. The van der Waals surface area contributed by atoms with E-state index in [4.69, 9.17) is 9.47 Å². The lowest BCUT2D eigenvalue weighted by Gasteiger charge is -2.40. The van der Waals surface area contributed by atoms with Crippen LogP contribution in [-0.2, 0) is 14.3 Å². The first kappa shape index (κ1) is 71.2. The molecule has 0 aromatic heterocycles. The van der Waals surface area contributed by atoms with Crippen LogP contribution in [0.15, 0.2) is 0 Å². The Balaban J connectivity index is 1.94. The van der Waals surface area contributed by atoms with Gasteiger partial charge in [-0.3, -0.25) is 4.79 Å². The predicted octanol–water partition coefficient (Wildman–Crippen LogP) is 17.4. The van der Waals surface area contributed by atoms with Gasteiger partial charge in [-0.1, -0.05) is 335 Å². The lowest BCUT2D eigenvalue weighted by Crippen LogP contribution is -2.60. The van der Waals surface area contributed by atoms with E-state index in [0.717, 1.165) is 38.5 Å². The maximum Gasteiger partial charge on any atom is 0.220 e. The van der Waals surface area contributed by atoms with Gasteiger partial charge in [0, 0.05) is 6.42 Å². The summed E-state index contributed by atoms with van der Waals surface area (Å²) in [6, 6.07) is -0.712. The van der Waals surface area contributed by atoms with Crippen LogP contribution in [0.25, 0.3) is 0 Å². The number of rotatable bonds is 59. The molecule has 1 amide bonds. The van der Waals surface area contributed by atoms with E-state index >= 15 is 0 Å². The van der Waals surface area contributed by atoms with Gasteiger partial charge in [0.25, 0.3) is 0 Å². The molecule has 1 aliphatic rings. The van der Waals surface area contributed by atoms with E-state index in [-0.39, 0.29) is 12.5 Å². The summed E-state index contributed by atoms with van der Waals surface area (Å²) in [5.74, 6) is -0.138. The van der Waals surface area contributed by atoms with E-state index < -0.39 is 49.5 Å². The van der Waals surface area contributed by atoms with Crippen LogP contribution in [-0.4, -0.2) is 87.5 Å². The largest absolute Gasteiger partial charge is 0.394 e. The van der Waals surface area contributed by atoms with Gasteiger partial charge in [0.2, 0.25) is 5.91 Å². The van der Waals surface area contributed by atoms with E-state index in [9.17, 15) is 30.3 Å². The molecular weight excluding hydrogens is 923 g/mol. The van der Waals surface area contributed by atoms with Gasteiger partial charge < -0.3 is 40.3 Å². The van der Waals surface area contributed by atoms with Gasteiger partial charge in [-0.2, -0.15) is 0 Å². The normalized spacial score (nSPS) is 18.8. The van der Waals surface area contributed by atoms with Crippen molar-refractivity contribution in [3.63, 3.8) is 0 Å².